The molecule has 1 aliphatic heterocycles. The highest BCUT2D eigenvalue weighted by Crippen LogP contribution is 2.32. The third-order valence-corrected chi connectivity index (χ3v) is 3.19. The van der Waals surface area contributed by atoms with Crippen molar-refractivity contribution in [1.82, 2.24) is 10.3 Å². The molecule has 1 N–H and O–H groups in total. The van der Waals surface area contributed by atoms with Crippen molar-refractivity contribution < 1.29 is 19.0 Å². The molecule has 0 radical (unpaired) electrons. The molecule has 6 heteroatoms. The summed E-state index contributed by atoms with van der Waals surface area (Å²) in [6, 6.07) is 8.97. The van der Waals surface area contributed by atoms with E-state index in [9.17, 15) is 4.79 Å². The molecule has 0 atom stereocenters. The Morgan fingerprint density at radius 2 is 2.18 bits per heavy atom. The van der Waals surface area contributed by atoms with E-state index in [2.05, 4.69) is 10.3 Å². The molecular formula is C16H16N2O4. The summed E-state index contributed by atoms with van der Waals surface area (Å²) in [5.74, 6) is 1.53. The summed E-state index contributed by atoms with van der Waals surface area (Å²) in [6.45, 7) is 2.93. The molecule has 0 aliphatic carbocycles. The van der Waals surface area contributed by atoms with E-state index >= 15 is 0 Å². The summed E-state index contributed by atoms with van der Waals surface area (Å²) in [5, 5.41) is 2.85. The molecule has 0 bridgehead atoms. The van der Waals surface area contributed by atoms with Crippen LogP contribution in [-0.2, 0) is 6.54 Å². The maximum absolute atomic E-state index is 12.3. The van der Waals surface area contributed by atoms with Gasteiger partial charge in [0.25, 0.3) is 5.91 Å². The van der Waals surface area contributed by atoms with E-state index in [1.165, 1.54) is 0 Å². The Bertz CT molecular complexity index is 688. The van der Waals surface area contributed by atoms with Gasteiger partial charge in [0.2, 0.25) is 12.7 Å². The number of hydrogen-bond acceptors (Lipinski definition) is 5. The van der Waals surface area contributed by atoms with Crippen LogP contribution < -0.4 is 19.5 Å². The Kier molecular flexibility index (Phi) is 4.09. The number of rotatable bonds is 5. The van der Waals surface area contributed by atoms with Crippen LogP contribution in [0.25, 0.3) is 0 Å². The van der Waals surface area contributed by atoms with E-state index in [0.717, 1.165) is 11.3 Å². The van der Waals surface area contributed by atoms with Crippen LogP contribution in [0.3, 0.4) is 0 Å². The topological polar surface area (TPSA) is 69.7 Å². The summed E-state index contributed by atoms with van der Waals surface area (Å²) in [5.41, 5.74) is 1.35. The Labute approximate surface area is 128 Å². The summed E-state index contributed by atoms with van der Waals surface area (Å²) < 4.78 is 15.9. The van der Waals surface area contributed by atoms with Crippen LogP contribution in [0.15, 0.2) is 36.5 Å². The normalized spacial score (nSPS) is 12.0. The average Bonchev–Trinajstić information content (AvgIpc) is 3.01. The summed E-state index contributed by atoms with van der Waals surface area (Å²) in [7, 11) is 0. The van der Waals surface area contributed by atoms with Crippen molar-refractivity contribution in [3.63, 3.8) is 0 Å². The molecule has 1 amide bonds. The summed E-state index contributed by atoms with van der Waals surface area (Å²) in [4.78, 5) is 16.3. The van der Waals surface area contributed by atoms with Gasteiger partial charge in [-0.2, -0.15) is 0 Å². The zero-order valence-electron chi connectivity index (χ0n) is 12.2. The molecule has 2 aromatic rings. The predicted octanol–water partition coefficient (Wildman–Crippen LogP) is 2.14. The lowest BCUT2D eigenvalue weighted by atomic mass is 10.2. The Morgan fingerprint density at radius 3 is 3.05 bits per heavy atom. The average molecular weight is 300 g/mol. The molecule has 0 saturated heterocycles. The molecule has 0 unspecified atom stereocenters. The Morgan fingerprint density at radius 1 is 1.32 bits per heavy atom. The highest BCUT2D eigenvalue weighted by Gasteiger charge is 2.15. The van der Waals surface area contributed by atoms with Crippen molar-refractivity contribution in [3.05, 3.63) is 47.7 Å². The molecule has 6 nitrogen and oxygen atoms in total. The van der Waals surface area contributed by atoms with Crippen LogP contribution in [0.1, 0.15) is 22.8 Å². The monoisotopic (exact) mass is 300 g/mol. The number of carbonyl (C=O) groups is 1. The van der Waals surface area contributed by atoms with E-state index in [4.69, 9.17) is 14.2 Å². The number of ether oxygens (including phenoxy) is 3. The lowest BCUT2D eigenvalue weighted by Crippen LogP contribution is -2.23. The van der Waals surface area contributed by atoms with Gasteiger partial charge in [-0.25, -0.2) is 4.98 Å². The molecule has 0 saturated carbocycles. The molecule has 1 aliphatic rings. The van der Waals surface area contributed by atoms with Gasteiger partial charge in [-0.15, -0.1) is 0 Å². The van der Waals surface area contributed by atoms with Crippen molar-refractivity contribution in [1.29, 1.82) is 0 Å². The third-order valence-electron chi connectivity index (χ3n) is 3.19. The number of amides is 1. The van der Waals surface area contributed by atoms with Gasteiger partial charge in [-0.3, -0.25) is 4.79 Å². The zero-order chi connectivity index (χ0) is 15.4. The van der Waals surface area contributed by atoms with Gasteiger partial charge in [-0.05, 0) is 36.8 Å². The second kappa shape index (κ2) is 6.34. The highest BCUT2D eigenvalue weighted by molar-refractivity contribution is 5.96. The smallest absolute Gasteiger partial charge is 0.257 e. The molecule has 1 aromatic carbocycles. The van der Waals surface area contributed by atoms with E-state index in [1.807, 2.05) is 25.1 Å². The molecule has 0 fully saturated rings. The van der Waals surface area contributed by atoms with Crippen LogP contribution >= 0.6 is 0 Å². The molecular weight excluding hydrogens is 284 g/mol. The zero-order valence-corrected chi connectivity index (χ0v) is 12.2. The first-order valence-corrected chi connectivity index (χ1v) is 7.02. The van der Waals surface area contributed by atoms with Gasteiger partial charge in [-0.1, -0.05) is 6.07 Å². The molecule has 3 rings (SSSR count). The van der Waals surface area contributed by atoms with E-state index in [-0.39, 0.29) is 12.7 Å². The van der Waals surface area contributed by atoms with Crippen molar-refractivity contribution in [2.75, 3.05) is 13.4 Å². The second-order valence-electron chi connectivity index (χ2n) is 4.66. The number of hydrogen-bond donors (Lipinski definition) is 1. The second-order valence-corrected chi connectivity index (χ2v) is 4.66. The van der Waals surface area contributed by atoms with E-state index in [1.54, 1.807) is 18.3 Å². The minimum atomic E-state index is -0.228. The highest BCUT2D eigenvalue weighted by atomic mass is 16.7. The van der Waals surface area contributed by atoms with Crippen molar-refractivity contribution in [2.45, 2.75) is 13.5 Å². The van der Waals surface area contributed by atoms with E-state index < -0.39 is 0 Å². The molecule has 1 aromatic heterocycles. The minimum Gasteiger partial charge on any atom is -0.477 e. The maximum Gasteiger partial charge on any atom is 0.257 e. The molecule has 2 heterocycles. The van der Waals surface area contributed by atoms with Crippen molar-refractivity contribution in [3.8, 4) is 17.4 Å². The number of pyridine rings is 1. The Hall–Kier alpha value is -2.76. The number of nitrogens with zero attached hydrogens (tertiary/aromatic N) is 1. The van der Waals surface area contributed by atoms with Gasteiger partial charge >= 0.3 is 0 Å². The van der Waals surface area contributed by atoms with Gasteiger partial charge in [0.15, 0.2) is 11.5 Å². The van der Waals surface area contributed by atoms with Gasteiger partial charge in [0, 0.05) is 12.7 Å². The maximum atomic E-state index is 12.3. The van der Waals surface area contributed by atoms with Crippen molar-refractivity contribution >= 4 is 5.91 Å². The fourth-order valence-corrected chi connectivity index (χ4v) is 2.14. The number of aromatic nitrogens is 1. The number of benzene rings is 1. The van der Waals surface area contributed by atoms with Crippen LogP contribution in [0.2, 0.25) is 0 Å². The molecule has 0 spiro atoms. The first kappa shape index (κ1) is 14.2. The Balaban J connectivity index is 1.67. The van der Waals surface area contributed by atoms with Gasteiger partial charge < -0.3 is 19.5 Å². The van der Waals surface area contributed by atoms with Crippen LogP contribution in [0.5, 0.6) is 17.4 Å². The molecule has 22 heavy (non-hydrogen) atoms. The van der Waals surface area contributed by atoms with Crippen molar-refractivity contribution in [2.24, 2.45) is 0 Å². The SMILES string of the molecule is CCOc1ncccc1C(=O)NCc1ccc2c(c1)OCO2. The lowest BCUT2D eigenvalue weighted by Gasteiger charge is -2.09. The van der Waals surface area contributed by atoms with Crippen LogP contribution in [-0.4, -0.2) is 24.3 Å². The summed E-state index contributed by atoms with van der Waals surface area (Å²) in [6.07, 6.45) is 1.60. The van der Waals surface area contributed by atoms with Crippen LogP contribution in [0.4, 0.5) is 0 Å². The van der Waals surface area contributed by atoms with Gasteiger partial charge in [0.1, 0.15) is 5.56 Å². The number of nitrogens with one attached hydrogen (secondary N) is 1. The standard InChI is InChI=1S/C16H16N2O4/c1-2-20-16-12(4-3-7-17-16)15(19)18-9-11-5-6-13-14(8-11)22-10-21-13/h3-8H,2,9-10H2,1H3,(H,18,19). The minimum absolute atomic E-state index is 0.228. The summed E-state index contributed by atoms with van der Waals surface area (Å²) >= 11 is 0. The predicted molar refractivity (Wildman–Crippen MR) is 79.1 cm³/mol. The third kappa shape index (κ3) is 2.95. The first-order valence-electron chi connectivity index (χ1n) is 7.02. The number of fused-ring (bicyclic) bond motifs is 1. The largest absolute Gasteiger partial charge is 0.477 e. The fraction of sp³-hybridized carbons (Fsp3) is 0.250. The quantitative estimate of drug-likeness (QED) is 0.916. The number of carbonyl (C=O) groups excluding carboxylic acids is 1. The van der Waals surface area contributed by atoms with Gasteiger partial charge in [0.05, 0.1) is 6.61 Å². The first-order chi connectivity index (χ1) is 10.8. The lowest BCUT2D eigenvalue weighted by molar-refractivity contribution is 0.0946. The molecule has 114 valence electrons. The van der Waals surface area contributed by atoms with E-state index in [0.29, 0.717) is 30.3 Å². The fourth-order valence-electron chi connectivity index (χ4n) is 2.14. The van der Waals surface area contributed by atoms with Crippen LogP contribution in [0, 0.1) is 0 Å².